The van der Waals surface area contributed by atoms with E-state index in [1.807, 2.05) is 13.8 Å². The van der Waals surface area contributed by atoms with Gasteiger partial charge in [0.05, 0.1) is 5.54 Å². The highest BCUT2D eigenvalue weighted by Crippen LogP contribution is 2.15. The van der Waals surface area contributed by atoms with Crippen molar-refractivity contribution in [1.29, 1.82) is 0 Å². The van der Waals surface area contributed by atoms with Gasteiger partial charge in [-0.25, -0.2) is 0 Å². The van der Waals surface area contributed by atoms with Gasteiger partial charge in [0.1, 0.15) is 5.69 Å². The van der Waals surface area contributed by atoms with Crippen LogP contribution in [-0.2, 0) is 0 Å². The van der Waals surface area contributed by atoms with Gasteiger partial charge in [-0.3, -0.25) is 9.89 Å². The quantitative estimate of drug-likeness (QED) is 0.763. The number of amides is 1. The maximum absolute atomic E-state index is 12.0. The van der Waals surface area contributed by atoms with Crippen molar-refractivity contribution in [2.24, 2.45) is 11.7 Å². The van der Waals surface area contributed by atoms with Crippen LogP contribution in [0.15, 0.2) is 6.07 Å². The molecule has 0 aromatic carbocycles. The van der Waals surface area contributed by atoms with Gasteiger partial charge in [-0.15, -0.1) is 12.4 Å². The summed E-state index contributed by atoms with van der Waals surface area (Å²) < 4.78 is 0. The Morgan fingerprint density at radius 1 is 1.61 bits per heavy atom. The van der Waals surface area contributed by atoms with Gasteiger partial charge >= 0.3 is 0 Å². The number of nitrogens with two attached hydrogens (primary N) is 1. The van der Waals surface area contributed by atoms with Crippen molar-refractivity contribution in [3.63, 3.8) is 0 Å². The van der Waals surface area contributed by atoms with E-state index in [1.165, 1.54) is 0 Å². The number of carbonyl (C=O) groups is 1. The predicted octanol–water partition coefficient (Wildman–Crippen LogP) is 1.63. The Balaban J connectivity index is 0.00000289. The second-order valence-electron chi connectivity index (χ2n) is 5.25. The first kappa shape index (κ1) is 16.9. The normalized spacial score (nSPS) is 13.9. The van der Waals surface area contributed by atoms with Crippen molar-refractivity contribution in [3.8, 4) is 0 Å². The molecule has 104 valence electrons. The summed E-state index contributed by atoms with van der Waals surface area (Å²) >= 11 is 0. The Labute approximate surface area is 114 Å². The minimum absolute atomic E-state index is 0. The molecule has 0 aliphatic heterocycles. The van der Waals surface area contributed by atoms with Crippen molar-refractivity contribution in [2.75, 3.05) is 6.54 Å². The van der Waals surface area contributed by atoms with Crippen molar-refractivity contribution >= 4 is 18.3 Å². The van der Waals surface area contributed by atoms with E-state index in [2.05, 4.69) is 29.4 Å². The molecule has 0 aliphatic carbocycles. The van der Waals surface area contributed by atoms with Crippen LogP contribution >= 0.6 is 12.4 Å². The average molecular weight is 275 g/mol. The molecule has 18 heavy (non-hydrogen) atoms. The number of hydrogen-bond acceptors (Lipinski definition) is 3. The van der Waals surface area contributed by atoms with Crippen LogP contribution in [0.1, 0.15) is 43.4 Å². The molecule has 1 atom stereocenters. The maximum Gasteiger partial charge on any atom is 0.272 e. The Morgan fingerprint density at radius 3 is 2.61 bits per heavy atom. The lowest BCUT2D eigenvalue weighted by Crippen LogP contribution is -2.52. The second-order valence-corrected chi connectivity index (χ2v) is 5.25. The topological polar surface area (TPSA) is 83.8 Å². The van der Waals surface area contributed by atoms with Crippen LogP contribution in [0.5, 0.6) is 0 Å². The van der Waals surface area contributed by atoms with Crippen LogP contribution < -0.4 is 11.1 Å². The molecule has 1 heterocycles. The number of hydrogen-bond donors (Lipinski definition) is 3. The summed E-state index contributed by atoms with van der Waals surface area (Å²) in [5.74, 6) is 0.299. The summed E-state index contributed by atoms with van der Waals surface area (Å²) in [5.41, 5.74) is 6.64. The molecule has 1 aromatic heterocycles. The van der Waals surface area contributed by atoms with E-state index in [0.29, 0.717) is 18.2 Å². The number of aryl methyl sites for hydroxylation is 1. The average Bonchev–Trinajstić information content (AvgIpc) is 2.63. The summed E-state index contributed by atoms with van der Waals surface area (Å²) in [5, 5.41) is 9.65. The number of H-pyrrole nitrogens is 1. The van der Waals surface area contributed by atoms with Crippen LogP contribution in [0.2, 0.25) is 0 Å². The largest absolute Gasteiger partial charge is 0.344 e. The maximum atomic E-state index is 12.0. The molecule has 1 amide bonds. The van der Waals surface area contributed by atoms with Crippen LogP contribution in [0.3, 0.4) is 0 Å². The SMILES string of the molecule is Cc1cc(C(=O)NC(C)(CN)CC(C)C)n[nH]1.Cl. The third-order valence-electron chi connectivity index (χ3n) is 2.66. The van der Waals surface area contributed by atoms with E-state index < -0.39 is 0 Å². The van der Waals surface area contributed by atoms with Gasteiger partial charge in [0, 0.05) is 12.2 Å². The molecule has 0 saturated heterocycles. The lowest BCUT2D eigenvalue weighted by Gasteiger charge is -2.30. The molecule has 1 unspecified atom stereocenters. The van der Waals surface area contributed by atoms with Gasteiger partial charge < -0.3 is 11.1 Å². The van der Waals surface area contributed by atoms with Crippen molar-refractivity contribution < 1.29 is 4.79 Å². The second kappa shape index (κ2) is 6.75. The number of rotatable bonds is 5. The highest BCUT2D eigenvalue weighted by molar-refractivity contribution is 5.92. The first-order valence-corrected chi connectivity index (χ1v) is 5.91. The van der Waals surface area contributed by atoms with Crippen LogP contribution in [0.25, 0.3) is 0 Å². The Morgan fingerprint density at radius 2 is 2.22 bits per heavy atom. The molecule has 0 aliphatic rings. The van der Waals surface area contributed by atoms with Crippen molar-refractivity contribution in [1.82, 2.24) is 15.5 Å². The first-order chi connectivity index (χ1) is 7.86. The highest BCUT2D eigenvalue weighted by Gasteiger charge is 2.27. The molecule has 0 bridgehead atoms. The molecule has 0 fully saturated rings. The zero-order chi connectivity index (χ0) is 13.1. The summed E-state index contributed by atoms with van der Waals surface area (Å²) in [6.45, 7) is 8.46. The monoisotopic (exact) mass is 274 g/mol. The fourth-order valence-electron chi connectivity index (χ4n) is 1.96. The number of nitrogens with zero attached hydrogens (tertiary/aromatic N) is 1. The molecule has 6 heteroatoms. The molecule has 5 nitrogen and oxygen atoms in total. The van der Waals surface area contributed by atoms with Gasteiger partial charge in [-0.2, -0.15) is 5.10 Å². The van der Waals surface area contributed by atoms with Crippen molar-refractivity contribution in [2.45, 2.75) is 39.7 Å². The Kier molecular flexibility index (Phi) is 6.35. The molecule has 1 aromatic rings. The molecular formula is C12H23ClN4O. The first-order valence-electron chi connectivity index (χ1n) is 5.91. The zero-order valence-corrected chi connectivity index (χ0v) is 12.2. The molecule has 4 N–H and O–H groups in total. The van der Waals surface area contributed by atoms with Gasteiger partial charge in [0.25, 0.3) is 5.91 Å². The Hall–Kier alpha value is -1.07. The van der Waals surface area contributed by atoms with E-state index in [9.17, 15) is 4.79 Å². The lowest BCUT2D eigenvalue weighted by atomic mass is 9.90. The summed E-state index contributed by atoms with van der Waals surface area (Å²) in [6.07, 6.45) is 0.846. The third-order valence-corrected chi connectivity index (χ3v) is 2.66. The van der Waals surface area contributed by atoms with Crippen LogP contribution in [0, 0.1) is 12.8 Å². The smallest absolute Gasteiger partial charge is 0.272 e. The minimum atomic E-state index is -0.377. The van der Waals surface area contributed by atoms with Crippen LogP contribution in [0.4, 0.5) is 0 Å². The van der Waals surface area contributed by atoms with Gasteiger partial charge in [0.2, 0.25) is 0 Å². The van der Waals surface area contributed by atoms with E-state index in [0.717, 1.165) is 12.1 Å². The van der Waals surface area contributed by atoms with Gasteiger partial charge in [0.15, 0.2) is 0 Å². The Bertz CT molecular complexity index is 391. The number of aromatic amines is 1. The number of nitrogens with one attached hydrogen (secondary N) is 2. The van der Waals surface area contributed by atoms with E-state index >= 15 is 0 Å². The molecular weight excluding hydrogens is 252 g/mol. The molecule has 1 rings (SSSR count). The number of aromatic nitrogens is 2. The third kappa shape index (κ3) is 4.66. The summed E-state index contributed by atoms with van der Waals surface area (Å²) in [7, 11) is 0. The minimum Gasteiger partial charge on any atom is -0.344 e. The summed E-state index contributed by atoms with van der Waals surface area (Å²) in [4.78, 5) is 12.0. The standard InChI is InChI=1S/C12H22N4O.ClH/c1-8(2)6-12(4,7-13)14-11(17)10-5-9(3)15-16-10;/h5,8H,6-7,13H2,1-4H3,(H,14,17)(H,15,16);1H. The lowest BCUT2D eigenvalue weighted by molar-refractivity contribution is 0.0893. The molecule has 0 saturated carbocycles. The predicted molar refractivity (Wildman–Crippen MR) is 75.0 cm³/mol. The molecule has 0 radical (unpaired) electrons. The fourth-order valence-corrected chi connectivity index (χ4v) is 1.96. The van der Waals surface area contributed by atoms with Crippen LogP contribution in [-0.4, -0.2) is 28.2 Å². The molecule has 0 spiro atoms. The van der Waals surface area contributed by atoms with E-state index in [1.54, 1.807) is 6.07 Å². The number of carbonyl (C=O) groups excluding carboxylic acids is 1. The zero-order valence-electron chi connectivity index (χ0n) is 11.4. The van der Waals surface area contributed by atoms with E-state index in [4.69, 9.17) is 5.73 Å². The number of halogens is 1. The van der Waals surface area contributed by atoms with Crippen molar-refractivity contribution in [3.05, 3.63) is 17.5 Å². The van der Waals surface area contributed by atoms with Gasteiger partial charge in [-0.1, -0.05) is 13.8 Å². The summed E-state index contributed by atoms with van der Waals surface area (Å²) in [6, 6.07) is 1.72. The van der Waals surface area contributed by atoms with E-state index in [-0.39, 0.29) is 23.9 Å². The van der Waals surface area contributed by atoms with Gasteiger partial charge in [-0.05, 0) is 32.3 Å². The fraction of sp³-hybridized carbons (Fsp3) is 0.667. The highest BCUT2D eigenvalue weighted by atomic mass is 35.5.